The molecule has 2 rings (SSSR count). The summed E-state index contributed by atoms with van der Waals surface area (Å²) in [5.74, 6) is 0.319. The molecule has 0 amide bonds. The zero-order valence-corrected chi connectivity index (χ0v) is 9.26. The van der Waals surface area contributed by atoms with Gasteiger partial charge in [-0.3, -0.25) is 4.79 Å². The minimum Gasteiger partial charge on any atom is -0.294 e. The fourth-order valence-corrected chi connectivity index (χ4v) is 1.74. The smallest absolute Gasteiger partial charge is 0.163 e. The molecule has 0 fully saturated rings. The van der Waals surface area contributed by atoms with Gasteiger partial charge in [-0.05, 0) is 31.4 Å². The number of aryl methyl sites for hydroxylation is 2. The third-order valence-corrected chi connectivity index (χ3v) is 2.42. The van der Waals surface area contributed by atoms with Crippen molar-refractivity contribution in [3.8, 4) is 0 Å². The van der Waals surface area contributed by atoms with Crippen LogP contribution >= 0.6 is 0 Å². The van der Waals surface area contributed by atoms with Gasteiger partial charge >= 0.3 is 0 Å². The fraction of sp³-hybridized carbons (Fsp3) is 0.462. The highest BCUT2D eigenvalue weighted by atomic mass is 16.1. The molecule has 1 aliphatic rings. The minimum absolute atomic E-state index is 0. The predicted octanol–water partition coefficient (Wildman–Crippen LogP) is 3.79. The number of hydrogen-bond acceptors (Lipinski definition) is 1. The van der Waals surface area contributed by atoms with Crippen LogP contribution in [0.25, 0.3) is 0 Å². The van der Waals surface area contributed by atoms with Crippen molar-refractivity contribution in [3.63, 3.8) is 0 Å². The van der Waals surface area contributed by atoms with Crippen LogP contribution in [0, 0.1) is 6.92 Å². The normalized spacial score (nSPS) is 14.1. The number of carbonyl (C=O) groups excluding carboxylic acids is 1. The lowest BCUT2D eigenvalue weighted by Gasteiger charge is -2.14. The number of ketones is 1. The highest BCUT2D eigenvalue weighted by molar-refractivity contribution is 5.98. The standard InChI is InChI=1S/C11H12O.C2H6.H2/c1-8-5-6-9-3-2-4-11(12)10(9)7-8;1-2;/h5-7H,2-4H2,1H3;1-2H3;1H. The predicted molar refractivity (Wildman–Crippen MR) is 61.9 cm³/mol. The van der Waals surface area contributed by atoms with Crippen LogP contribution in [-0.4, -0.2) is 5.78 Å². The van der Waals surface area contributed by atoms with E-state index >= 15 is 0 Å². The molecule has 0 spiro atoms. The van der Waals surface area contributed by atoms with E-state index in [-0.39, 0.29) is 1.43 Å². The summed E-state index contributed by atoms with van der Waals surface area (Å²) < 4.78 is 0. The third-order valence-electron chi connectivity index (χ3n) is 2.42. The Labute approximate surface area is 87.6 Å². The van der Waals surface area contributed by atoms with Gasteiger partial charge in [0.1, 0.15) is 0 Å². The third kappa shape index (κ3) is 2.22. The zero-order chi connectivity index (χ0) is 10.6. The summed E-state index contributed by atoms with van der Waals surface area (Å²) in [5, 5.41) is 0. The van der Waals surface area contributed by atoms with Gasteiger partial charge in [-0.15, -0.1) is 0 Å². The van der Waals surface area contributed by atoms with E-state index in [0.717, 1.165) is 24.8 Å². The summed E-state index contributed by atoms with van der Waals surface area (Å²) in [4.78, 5) is 11.4. The van der Waals surface area contributed by atoms with E-state index in [1.54, 1.807) is 0 Å². The summed E-state index contributed by atoms with van der Waals surface area (Å²) in [6, 6.07) is 6.18. The number of Topliss-reactive ketones (excluding diaryl/α,β-unsaturated/α-hetero) is 1. The van der Waals surface area contributed by atoms with Crippen LogP contribution in [0.2, 0.25) is 0 Å². The number of benzene rings is 1. The van der Waals surface area contributed by atoms with Crippen molar-refractivity contribution >= 4 is 5.78 Å². The maximum Gasteiger partial charge on any atom is 0.163 e. The second-order valence-electron chi connectivity index (χ2n) is 3.44. The lowest BCUT2D eigenvalue weighted by molar-refractivity contribution is 0.0972. The molecule has 0 heterocycles. The van der Waals surface area contributed by atoms with Crippen LogP contribution in [0.1, 0.15) is 49.6 Å². The Balaban J connectivity index is 0.000000617. The molecule has 0 atom stereocenters. The van der Waals surface area contributed by atoms with Crippen LogP contribution in [0.5, 0.6) is 0 Å². The highest BCUT2D eigenvalue weighted by Gasteiger charge is 2.15. The number of fused-ring (bicyclic) bond motifs is 1. The molecule has 0 aromatic heterocycles. The van der Waals surface area contributed by atoms with Crippen LogP contribution in [-0.2, 0) is 6.42 Å². The summed E-state index contributed by atoms with van der Waals surface area (Å²) >= 11 is 0. The molecule has 0 saturated carbocycles. The van der Waals surface area contributed by atoms with Crippen molar-refractivity contribution in [3.05, 3.63) is 34.9 Å². The van der Waals surface area contributed by atoms with Crippen molar-refractivity contribution in [2.45, 2.75) is 40.0 Å². The molecular formula is C13H20O. The average Bonchev–Trinajstić information content (AvgIpc) is 2.22. The molecular weight excluding hydrogens is 172 g/mol. The van der Waals surface area contributed by atoms with Crippen molar-refractivity contribution < 1.29 is 6.22 Å². The van der Waals surface area contributed by atoms with E-state index in [2.05, 4.69) is 12.1 Å². The highest BCUT2D eigenvalue weighted by Crippen LogP contribution is 2.21. The minimum atomic E-state index is 0. The van der Waals surface area contributed by atoms with E-state index < -0.39 is 0 Å². The first-order valence-corrected chi connectivity index (χ1v) is 5.40. The summed E-state index contributed by atoms with van der Waals surface area (Å²) in [7, 11) is 0. The van der Waals surface area contributed by atoms with Crippen LogP contribution in [0.3, 0.4) is 0 Å². The van der Waals surface area contributed by atoms with E-state index in [4.69, 9.17) is 0 Å². The maximum atomic E-state index is 11.4. The van der Waals surface area contributed by atoms with Crippen molar-refractivity contribution in [2.75, 3.05) is 0 Å². The Kier molecular flexibility index (Phi) is 3.87. The average molecular weight is 192 g/mol. The number of rotatable bonds is 0. The Hall–Kier alpha value is -1.11. The molecule has 78 valence electrons. The first kappa shape index (κ1) is 11.0. The van der Waals surface area contributed by atoms with Crippen LogP contribution in [0.4, 0.5) is 0 Å². The van der Waals surface area contributed by atoms with E-state index in [1.807, 2.05) is 26.8 Å². The van der Waals surface area contributed by atoms with E-state index in [1.165, 1.54) is 11.1 Å². The Morgan fingerprint density at radius 2 is 1.93 bits per heavy atom. The zero-order valence-electron chi connectivity index (χ0n) is 9.26. The van der Waals surface area contributed by atoms with E-state index in [0.29, 0.717) is 5.78 Å². The van der Waals surface area contributed by atoms with Gasteiger partial charge < -0.3 is 0 Å². The first-order valence-electron chi connectivity index (χ1n) is 5.40. The molecule has 1 heteroatoms. The van der Waals surface area contributed by atoms with Crippen molar-refractivity contribution in [1.29, 1.82) is 0 Å². The van der Waals surface area contributed by atoms with Gasteiger partial charge in [0.2, 0.25) is 0 Å². The monoisotopic (exact) mass is 192 g/mol. The van der Waals surface area contributed by atoms with E-state index in [9.17, 15) is 4.79 Å². The maximum absolute atomic E-state index is 11.4. The second kappa shape index (κ2) is 4.94. The Bertz CT molecular complexity index is 331. The summed E-state index contributed by atoms with van der Waals surface area (Å²) in [5.41, 5.74) is 3.38. The fourth-order valence-electron chi connectivity index (χ4n) is 1.74. The van der Waals surface area contributed by atoms with Crippen molar-refractivity contribution in [1.82, 2.24) is 0 Å². The molecule has 14 heavy (non-hydrogen) atoms. The lowest BCUT2D eigenvalue weighted by atomic mass is 9.90. The molecule has 0 bridgehead atoms. The Morgan fingerprint density at radius 3 is 2.64 bits per heavy atom. The lowest BCUT2D eigenvalue weighted by Crippen LogP contribution is -2.10. The quantitative estimate of drug-likeness (QED) is 0.611. The molecule has 1 aliphatic carbocycles. The SMILES string of the molecule is CC.Cc1ccc2c(c1)C(=O)CCC2.[HH]. The topological polar surface area (TPSA) is 17.1 Å². The van der Waals surface area contributed by atoms with Gasteiger partial charge in [0, 0.05) is 13.4 Å². The molecule has 1 aromatic rings. The van der Waals surface area contributed by atoms with Crippen LogP contribution in [0.15, 0.2) is 18.2 Å². The molecule has 0 radical (unpaired) electrons. The molecule has 0 unspecified atom stereocenters. The number of carbonyl (C=O) groups is 1. The van der Waals surface area contributed by atoms with Gasteiger partial charge in [0.05, 0.1) is 0 Å². The van der Waals surface area contributed by atoms with Gasteiger partial charge in [0.25, 0.3) is 0 Å². The molecule has 0 aliphatic heterocycles. The largest absolute Gasteiger partial charge is 0.294 e. The van der Waals surface area contributed by atoms with Crippen molar-refractivity contribution in [2.24, 2.45) is 0 Å². The van der Waals surface area contributed by atoms with Gasteiger partial charge in [-0.2, -0.15) is 0 Å². The molecule has 1 nitrogen and oxygen atoms in total. The van der Waals surface area contributed by atoms with Gasteiger partial charge in [0.15, 0.2) is 5.78 Å². The van der Waals surface area contributed by atoms with Gasteiger partial charge in [-0.1, -0.05) is 31.5 Å². The summed E-state index contributed by atoms with van der Waals surface area (Å²) in [6.45, 7) is 6.03. The Morgan fingerprint density at radius 1 is 1.21 bits per heavy atom. The van der Waals surface area contributed by atoms with Crippen LogP contribution < -0.4 is 0 Å². The molecule has 0 saturated heterocycles. The second-order valence-corrected chi connectivity index (χ2v) is 3.44. The molecule has 1 aromatic carbocycles. The first-order chi connectivity index (χ1) is 6.77. The summed E-state index contributed by atoms with van der Waals surface area (Å²) in [6.07, 6.45) is 2.83. The number of hydrogen-bond donors (Lipinski definition) is 0. The molecule has 0 N–H and O–H groups in total. The van der Waals surface area contributed by atoms with Gasteiger partial charge in [-0.25, -0.2) is 0 Å².